The topological polar surface area (TPSA) is 54.9 Å². The Bertz CT molecular complexity index is 1070. The summed E-state index contributed by atoms with van der Waals surface area (Å²) in [4.78, 5) is 20.6. The lowest BCUT2D eigenvalue weighted by Crippen LogP contribution is -2.49. The highest BCUT2D eigenvalue weighted by Crippen LogP contribution is 2.39. The molecule has 1 aromatic heterocycles. The van der Waals surface area contributed by atoms with Crippen molar-refractivity contribution in [3.05, 3.63) is 58.4 Å². The zero-order valence-electron chi connectivity index (χ0n) is 20.7. The molecule has 2 aromatic rings. The number of alkyl halides is 3. The van der Waals surface area contributed by atoms with Crippen LogP contribution < -0.4 is 4.74 Å². The molecule has 4 rings (SSSR count). The largest absolute Gasteiger partial charge is 0.491 e. The Morgan fingerprint density at radius 2 is 1.86 bits per heavy atom. The van der Waals surface area contributed by atoms with E-state index < -0.39 is 11.9 Å². The van der Waals surface area contributed by atoms with Crippen LogP contribution in [0.1, 0.15) is 59.1 Å². The van der Waals surface area contributed by atoms with Crippen LogP contribution in [0.3, 0.4) is 0 Å². The molecule has 1 aromatic carbocycles. The highest BCUT2D eigenvalue weighted by atomic mass is 19.4. The number of amides is 1. The van der Waals surface area contributed by atoms with Crippen LogP contribution in [0.4, 0.5) is 13.2 Å². The third kappa shape index (κ3) is 5.02. The number of pyridine rings is 1. The molecule has 0 radical (unpaired) electrons. The van der Waals surface area contributed by atoms with E-state index >= 15 is 0 Å². The van der Waals surface area contributed by atoms with E-state index in [1.807, 2.05) is 13.0 Å². The molecule has 6 nitrogen and oxygen atoms in total. The van der Waals surface area contributed by atoms with Crippen LogP contribution in [-0.4, -0.2) is 65.7 Å². The summed E-state index contributed by atoms with van der Waals surface area (Å²) >= 11 is 0. The van der Waals surface area contributed by atoms with Gasteiger partial charge in [-0.1, -0.05) is 6.07 Å². The summed E-state index contributed by atoms with van der Waals surface area (Å²) < 4.78 is 49.6. The number of ether oxygens (including phenoxy) is 2. The smallest absolute Gasteiger partial charge is 0.433 e. The summed E-state index contributed by atoms with van der Waals surface area (Å²) in [6, 6.07) is 6.62. The van der Waals surface area contributed by atoms with Crippen LogP contribution in [0, 0.1) is 13.8 Å². The van der Waals surface area contributed by atoms with Gasteiger partial charge in [-0.3, -0.25) is 14.7 Å². The number of hydrogen-bond donors (Lipinski definition) is 0. The molecule has 35 heavy (non-hydrogen) atoms. The van der Waals surface area contributed by atoms with Crippen molar-refractivity contribution in [1.29, 1.82) is 0 Å². The van der Waals surface area contributed by atoms with Gasteiger partial charge >= 0.3 is 6.18 Å². The highest BCUT2D eigenvalue weighted by Gasteiger charge is 2.47. The van der Waals surface area contributed by atoms with Crippen molar-refractivity contribution in [3.8, 4) is 5.75 Å². The van der Waals surface area contributed by atoms with Gasteiger partial charge in [0.2, 0.25) is 0 Å². The van der Waals surface area contributed by atoms with Gasteiger partial charge in [0.05, 0.1) is 11.7 Å². The van der Waals surface area contributed by atoms with Gasteiger partial charge in [-0.25, -0.2) is 0 Å². The fourth-order valence-electron chi connectivity index (χ4n) is 5.15. The molecule has 9 heteroatoms. The van der Waals surface area contributed by atoms with Crippen molar-refractivity contribution in [3.63, 3.8) is 0 Å². The van der Waals surface area contributed by atoms with E-state index in [2.05, 4.69) is 36.7 Å². The Morgan fingerprint density at radius 1 is 1.11 bits per heavy atom. The van der Waals surface area contributed by atoms with Crippen LogP contribution >= 0.6 is 0 Å². The van der Waals surface area contributed by atoms with E-state index in [0.29, 0.717) is 13.2 Å². The maximum Gasteiger partial charge on any atom is 0.433 e. The quantitative estimate of drug-likeness (QED) is 0.558. The highest BCUT2D eigenvalue weighted by molar-refractivity contribution is 5.94. The Morgan fingerprint density at radius 3 is 2.43 bits per heavy atom. The molecule has 0 N–H and O–H groups in total. The van der Waals surface area contributed by atoms with E-state index in [9.17, 15) is 18.0 Å². The Balaban J connectivity index is 1.42. The SMILES string of the molecule is CO[C@@H](C)COc1ccc([C@H](C)N2C[C@@H]3C[C@H]2CN3C(=O)c2ccc(C(F)(F)F)nc2)c(C)c1C. The molecule has 0 saturated carbocycles. The summed E-state index contributed by atoms with van der Waals surface area (Å²) in [5.41, 5.74) is 2.72. The lowest BCUT2D eigenvalue weighted by Gasteiger charge is -2.38. The summed E-state index contributed by atoms with van der Waals surface area (Å²) in [7, 11) is 1.66. The number of fused-ring (bicyclic) bond motifs is 2. The number of carbonyl (C=O) groups is 1. The van der Waals surface area contributed by atoms with Crippen molar-refractivity contribution >= 4 is 5.91 Å². The van der Waals surface area contributed by atoms with Crippen molar-refractivity contribution < 1.29 is 27.4 Å². The minimum atomic E-state index is -4.52. The zero-order valence-corrected chi connectivity index (χ0v) is 20.7. The van der Waals surface area contributed by atoms with Gasteiger partial charge in [-0.15, -0.1) is 0 Å². The number of hydrogen-bond acceptors (Lipinski definition) is 5. The lowest BCUT2D eigenvalue weighted by atomic mass is 9.96. The second kappa shape index (κ2) is 9.78. The van der Waals surface area contributed by atoms with E-state index in [0.717, 1.165) is 36.5 Å². The minimum absolute atomic E-state index is 0.0115. The van der Waals surface area contributed by atoms with Gasteiger partial charge in [0.15, 0.2) is 0 Å². The average molecular weight is 492 g/mol. The Kier molecular flexibility index (Phi) is 7.11. The summed E-state index contributed by atoms with van der Waals surface area (Å²) in [6.07, 6.45) is -2.62. The Labute approximate surface area is 204 Å². The first-order valence-corrected chi connectivity index (χ1v) is 11.9. The molecule has 2 bridgehead atoms. The number of methoxy groups -OCH3 is 1. The van der Waals surface area contributed by atoms with Gasteiger partial charge < -0.3 is 14.4 Å². The second-order valence-corrected chi connectivity index (χ2v) is 9.56. The maximum absolute atomic E-state index is 13.0. The summed E-state index contributed by atoms with van der Waals surface area (Å²) in [5, 5.41) is 0. The normalized spacial score (nSPS) is 21.9. The second-order valence-electron chi connectivity index (χ2n) is 9.56. The number of piperazine rings is 1. The lowest BCUT2D eigenvalue weighted by molar-refractivity contribution is -0.141. The van der Waals surface area contributed by atoms with E-state index in [1.165, 1.54) is 17.2 Å². The standard InChI is InChI=1S/C26H32F3N3O3/c1-15(34-5)14-35-23-8-7-22(16(2)17(23)3)18(4)31-12-21-10-20(31)13-32(21)25(33)19-6-9-24(30-11-19)26(27,28)29/h6-9,11,15,18,20-21H,10,12-14H2,1-5H3/t15-,18-,20-,21-/m0/s1. The maximum atomic E-state index is 13.0. The molecule has 2 aliphatic heterocycles. The average Bonchev–Trinajstić information content (AvgIpc) is 3.45. The number of nitrogens with zero attached hydrogens (tertiary/aromatic N) is 3. The van der Waals surface area contributed by atoms with Crippen LogP contribution in [-0.2, 0) is 10.9 Å². The molecule has 1 amide bonds. The molecule has 3 heterocycles. The monoisotopic (exact) mass is 491 g/mol. The molecule has 0 unspecified atom stereocenters. The minimum Gasteiger partial charge on any atom is -0.491 e. The summed E-state index contributed by atoms with van der Waals surface area (Å²) in [5.74, 6) is 0.594. The molecule has 0 aliphatic carbocycles. The van der Waals surface area contributed by atoms with Crippen LogP contribution in [0.2, 0.25) is 0 Å². The molecule has 2 saturated heterocycles. The van der Waals surface area contributed by atoms with Gasteiger partial charge in [-0.2, -0.15) is 13.2 Å². The molecular formula is C26H32F3N3O3. The van der Waals surface area contributed by atoms with Crippen molar-refractivity contribution in [2.75, 3.05) is 26.8 Å². The van der Waals surface area contributed by atoms with Crippen molar-refractivity contribution in [1.82, 2.24) is 14.8 Å². The molecule has 4 atom stereocenters. The van der Waals surface area contributed by atoms with Crippen LogP contribution in [0.15, 0.2) is 30.5 Å². The van der Waals surface area contributed by atoms with Gasteiger partial charge in [-0.05, 0) is 69.0 Å². The number of likely N-dealkylation sites (tertiary alicyclic amines) is 2. The van der Waals surface area contributed by atoms with Gasteiger partial charge in [0.25, 0.3) is 5.91 Å². The number of aromatic nitrogens is 1. The van der Waals surface area contributed by atoms with E-state index in [-0.39, 0.29) is 35.7 Å². The molecule has 2 fully saturated rings. The fraction of sp³-hybridized carbons (Fsp3) is 0.538. The number of benzene rings is 1. The number of rotatable bonds is 7. The third-order valence-corrected chi connectivity index (χ3v) is 7.45. The fourth-order valence-corrected chi connectivity index (χ4v) is 5.15. The molecule has 0 spiro atoms. The number of halogens is 3. The third-order valence-electron chi connectivity index (χ3n) is 7.45. The van der Waals surface area contributed by atoms with E-state index in [1.54, 1.807) is 12.0 Å². The Hall–Kier alpha value is -2.65. The first-order chi connectivity index (χ1) is 16.5. The molecule has 2 aliphatic rings. The van der Waals surface area contributed by atoms with Gasteiger partial charge in [0, 0.05) is 44.5 Å². The van der Waals surface area contributed by atoms with Gasteiger partial charge in [0.1, 0.15) is 18.1 Å². The predicted octanol–water partition coefficient (Wildman–Crippen LogP) is 4.79. The summed E-state index contributed by atoms with van der Waals surface area (Å²) in [6.45, 7) is 10.1. The van der Waals surface area contributed by atoms with E-state index in [4.69, 9.17) is 9.47 Å². The first-order valence-electron chi connectivity index (χ1n) is 11.9. The zero-order chi connectivity index (χ0) is 25.5. The van der Waals surface area contributed by atoms with Crippen LogP contribution in [0.25, 0.3) is 0 Å². The number of carbonyl (C=O) groups excluding carboxylic acids is 1. The van der Waals surface area contributed by atoms with Crippen LogP contribution in [0.5, 0.6) is 5.75 Å². The predicted molar refractivity (Wildman–Crippen MR) is 125 cm³/mol. The van der Waals surface area contributed by atoms with Crippen molar-refractivity contribution in [2.24, 2.45) is 0 Å². The molecular weight excluding hydrogens is 459 g/mol. The first kappa shape index (κ1) is 25.4. The van der Waals surface area contributed by atoms with Crippen molar-refractivity contribution in [2.45, 2.75) is 64.5 Å². The molecule has 190 valence electrons.